The Morgan fingerprint density at radius 2 is 1.69 bits per heavy atom. The molecule has 4 N–H and O–H groups in total. The van der Waals surface area contributed by atoms with Crippen molar-refractivity contribution in [3.05, 3.63) is 65.7 Å². The molecule has 10 heteroatoms. The van der Waals surface area contributed by atoms with E-state index in [4.69, 9.17) is 16.3 Å². The third kappa shape index (κ3) is 7.84. The van der Waals surface area contributed by atoms with Gasteiger partial charge in [-0.2, -0.15) is 0 Å². The van der Waals surface area contributed by atoms with Gasteiger partial charge in [-0.05, 0) is 23.3 Å². The van der Waals surface area contributed by atoms with E-state index >= 15 is 0 Å². The molecule has 0 radical (unpaired) electrons. The van der Waals surface area contributed by atoms with Gasteiger partial charge in [-0.25, -0.2) is 4.79 Å². The number of halogens is 1. The number of hydrogen-bond donors (Lipinski definition) is 4. The maximum Gasteiger partial charge on any atom is 0.408 e. The van der Waals surface area contributed by atoms with Gasteiger partial charge < -0.3 is 30.5 Å². The summed E-state index contributed by atoms with van der Waals surface area (Å²) in [4.78, 5) is 38.4. The number of aliphatic hydroxyl groups excluding tert-OH is 2. The monoisotopic (exact) mass is 463 g/mol. The number of alkyl carbamates (subject to hydrolysis) is 1. The largest absolute Gasteiger partial charge is 0.445 e. The molecule has 2 rings (SSSR count). The molecule has 1 atom stereocenters. The smallest absolute Gasteiger partial charge is 0.408 e. The van der Waals surface area contributed by atoms with Crippen molar-refractivity contribution in [2.24, 2.45) is 0 Å². The van der Waals surface area contributed by atoms with E-state index in [0.717, 1.165) is 5.56 Å². The molecule has 0 saturated heterocycles. The highest BCUT2D eigenvalue weighted by atomic mass is 35.5. The van der Waals surface area contributed by atoms with Gasteiger partial charge in [0.05, 0.1) is 13.2 Å². The Labute approximate surface area is 190 Å². The fourth-order valence-electron chi connectivity index (χ4n) is 2.92. The molecular weight excluding hydrogens is 438 g/mol. The highest BCUT2D eigenvalue weighted by Gasteiger charge is 2.28. The number of benzene rings is 2. The van der Waals surface area contributed by atoms with E-state index in [9.17, 15) is 24.6 Å². The van der Waals surface area contributed by atoms with Crippen molar-refractivity contribution in [3.8, 4) is 0 Å². The number of alkyl halides is 1. The molecule has 0 spiro atoms. The zero-order chi connectivity index (χ0) is 23.3. The summed E-state index contributed by atoms with van der Waals surface area (Å²) in [6.45, 7) is -0.680. The Hall–Kier alpha value is -3.14. The van der Waals surface area contributed by atoms with Gasteiger partial charge in [0.25, 0.3) is 0 Å². The van der Waals surface area contributed by atoms with E-state index in [-0.39, 0.29) is 38.8 Å². The van der Waals surface area contributed by atoms with Gasteiger partial charge in [0.2, 0.25) is 11.8 Å². The summed E-state index contributed by atoms with van der Waals surface area (Å²) in [5.41, 5.74) is 1.54. The Kier molecular flexibility index (Phi) is 10.5. The summed E-state index contributed by atoms with van der Waals surface area (Å²) < 4.78 is 5.24. The number of carbonyl (C=O) groups is 3. The van der Waals surface area contributed by atoms with E-state index in [2.05, 4.69) is 10.6 Å². The number of aliphatic hydroxyl groups is 2. The molecule has 9 nitrogen and oxygen atoms in total. The number of amides is 3. The number of ether oxygens (including phenoxy) is 1. The van der Waals surface area contributed by atoms with Crippen LogP contribution in [0.3, 0.4) is 0 Å². The molecule has 3 amide bonds. The van der Waals surface area contributed by atoms with Gasteiger partial charge in [0.15, 0.2) is 0 Å². The summed E-state index contributed by atoms with van der Waals surface area (Å²) in [5, 5.41) is 23.7. The minimum atomic E-state index is -1.18. The molecule has 0 aliphatic carbocycles. The van der Waals surface area contributed by atoms with Crippen molar-refractivity contribution in [2.75, 3.05) is 37.5 Å². The van der Waals surface area contributed by atoms with E-state index in [1.54, 1.807) is 30.3 Å². The van der Waals surface area contributed by atoms with Crippen LogP contribution in [0.2, 0.25) is 0 Å². The Morgan fingerprint density at radius 1 is 1.00 bits per heavy atom. The van der Waals surface area contributed by atoms with Crippen LogP contribution in [-0.4, -0.2) is 65.2 Å². The first-order valence-electron chi connectivity index (χ1n) is 9.92. The third-order valence-corrected chi connectivity index (χ3v) is 4.64. The van der Waals surface area contributed by atoms with Crippen LogP contribution in [0.15, 0.2) is 54.6 Å². The molecule has 0 aromatic heterocycles. The van der Waals surface area contributed by atoms with Gasteiger partial charge in [0.1, 0.15) is 18.5 Å². The zero-order valence-corrected chi connectivity index (χ0v) is 18.1. The molecule has 0 heterocycles. The second kappa shape index (κ2) is 13.3. The molecule has 2 aromatic rings. The molecule has 0 aliphatic heterocycles. The van der Waals surface area contributed by atoms with Crippen LogP contribution < -0.4 is 10.6 Å². The molecule has 0 saturated carbocycles. The molecule has 0 unspecified atom stereocenters. The van der Waals surface area contributed by atoms with Crippen LogP contribution >= 0.6 is 11.6 Å². The third-order valence-electron chi connectivity index (χ3n) is 4.40. The van der Waals surface area contributed by atoms with Gasteiger partial charge in [0, 0.05) is 18.8 Å². The zero-order valence-electron chi connectivity index (χ0n) is 17.4. The molecular formula is C22H26ClN3O6. The highest BCUT2D eigenvalue weighted by Crippen LogP contribution is 2.21. The first kappa shape index (κ1) is 25.1. The van der Waals surface area contributed by atoms with Crippen molar-refractivity contribution in [1.29, 1.82) is 0 Å². The summed E-state index contributed by atoms with van der Waals surface area (Å²) in [6, 6.07) is 14.2. The molecule has 32 heavy (non-hydrogen) atoms. The molecule has 0 aliphatic rings. The van der Waals surface area contributed by atoms with Crippen LogP contribution in [0.1, 0.15) is 17.2 Å². The van der Waals surface area contributed by atoms with Crippen LogP contribution in [-0.2, 0) is 20.9 Å². The fourth-order valence-corrected chi connectivity index (χ4v) is 2.98. The lowest BCUT2D eigenvalue weighted by Gasteiger charge is -2.27. The van der Waals surface area contributed by atoms with Gasteiger partial charge >= 0.3 is 6.09 Å². The minimum Gasteiger partial charge on any atom is -0.445 e. The van der Waals surface area contributed by atoms with E-state index in [0.29, 0.717) is 11.3 Å². The predicted molar refractivity (Wildman–Crippen MR) is 119 cm³/mol. The van der Waals surface area contributed by atoms with E-state index in [1.165, 1.54) is 11.0 Å². The van der Waals surface area contributed by atoms with Crippen LogP contribution in [0.5, 0.6) is 0 Å². The summed E-state index contributed by atoms with van der Waals surface area (Å²) in [5.74, 6) is -1.22. The van der Waals surface area contributed by atoms with Gasteiger partial charge in [-0.1, -0.05) is 42.5 Å². The Morgan fingerprint density at radius 3 is 2.31 bits per heavy atom. The number of carbonyl (C=O) groups excluding carboxylic acids is 3. The van der Waals surface area contributed by atoms with Crippen LogP contribution in [0, 0.1) is 0 Å². The lowest BCUT2D eigenvalue weighted by Crippen LogP contribution is -2.45. The van der Waals surface area contributed by atoms with Crippen molar-refractivity contribution >= 4 is 35.2 Å². The molecule has 2 aromatic carbocycles. The average molecular weight is 464 g/mol. The van der Waals surface area contributed by atoms with Gasteiger partial charge in [-0.15, -0.1) is 11.6 Å². The van der Waals surface area contributed by atoms with Gasteiger partial charge in [-0.3, -0.25) is 9.59 Å². The quantitative estimate of drug-likeness (QED) is 0.375. The minimum absolute atomic E-state index is 0.0103. The Balaban J connectivity index is 2.24. The standard InChI is InChI=1S/C22H26ClN3O6/c23-14-19(29)24-18-8-4-7-17(13-18)20(21(30)26(9-11-27)10-12-28)25-22(31)32-15-16-5-2-1-3-6-16/h1-8,13,20,27-28H,9-12,14-15H2,(H,24,29)(H,25,31)/t20-/m1/s1. The number of nitrogens with one attached hydrogen (secondary N) is 2. The van der Waals surface area contributed by atoms with Crippen molar-refractivity contribution in [3.63, 3.8) is 0 Å². The number of rotatable bonds is 11. The first-order chi connectivity index (χ1) is 15.5. The van der Waals surface area contributed by atoms with E-state index < -0.39 is 23.9 Å². The van der Waals surface area contributed by atoms with E-state index in [1.807, 2.05) is 18.2 Å². The lowest BCUT2D eigenvalue weighted by molar-refractivity contribution is -0.134. The molecule has 172 valence electrons. The summed E-state index contributed by atoms with van der Waals surface area (Å²) in [7, 11) is 0. The summed E-state index contributed by atoms with van der Waals surface area (Å²) >= 11 is 5.53. The summed E-state index contributed by atoms with van der Waals surface area (Å²) in [6.07, 6.45) is -0.824. The maximum atomic E-state index is 13.1. The lowest BCUT2D eigenvalue weighted by atomic mass is 10.0. The number of nitrogens with zero attached hydrogens (tertiary/aromatic N) is 1. The average Bonchev–Trinajstić information content (AvgIpc) is 2.81. The highest BCUT2D eigenvalue weighted by molar-refractivity contribution is 6.29. The normalized spacial score (nSPS) is 11.3. The molecule has 0 fully saturated rings. The SMILES string of the molecule is O=C(CCl)Nc1cccc([C@@H](NC(=O)OCc2ccccc2)C(=O)N(CCO)CCO)c1. The fraction of sp³-hybridized carbons (Fsp3) is 0.318. The maximum absolute atomic E-state index is 13.1. The first-order valence-corrected chi connectivity index (χ1v) is 10.5. The topological polar surface area (TPSA) is 128 Å². The van der Waals surface area contributed by atoms with Crippen molar-refractivity contribution in [1.82, 2.24) is 10.2 Å². The van der Waals surface area contributed by atoms with Crippen molar-refractivity contribution in [2.45, 2.75) is 12.6 Å². The number of anilines is 1. The Bertz CT molecular complexity index is 890. The predicted octanol–water partition coefficient (Wildman–Crippen LogP) is 1.64. The second-order valence-electron chi connectivity index (χ2n) is 6.72. The van der Waals surface area contributed by atoms with Crippen molar-refractivity contribution < 1.29 is 29.3 Å². The van der Waals surface area contributed by atoms with Crippen LogP contribution in [0.25, 0.3) is 0 Å². The molecule has 0 bridgehead atoms. The van der Waals surface area contributed by atoms with Crippen LogP contribution in [0.4, 0.5) is 10.5 Å². The second-order valence-corrected chi connectivity index (χ2v) is 6.99. The number of hydrogen-bond acceptors (Lipinski definition) is 6.